The van der Waals surface area contributed by atoms with Gasteiger partial charge >= 0.3 is 0 Å². The fourth-order valence-electron chi connectivity index (χ4n) is 2.60. The molecule has 0 radical (unpaired) electrons. The maximum absolute atomic E-state index is 12.9. The molecule has 3 rings (SSSR count). The average molecular weight is 355 g/mol. The van der Waals surface area contributed by atoms with Crippen LogP contribution in [0.15, 0.2) is 51.9 Å². The van der Waals surface area contributed by atoms with Crippen molar-refractivity contribution in [3.8, 4) is 0 Å². The average Bonchev–Trinajstić information content (AvgIpc) is 3.26. The van der Waals surface area contributed by atoms with E-state index < -0.39 is 0 Å². The maximum atomic E-state index is 12.9. The number of aromatic nitrogens is 2. The molecule has 0 N–H and O–H groups in total. The summed E-state index contributed by atoms with van der Waals surface area (Å²) in [6.07, 6.45) is 4.30. The summed E-state index contributed by atoms with van der Waals surface area (Å²) in [5, 5.41) is 8.09. The first kappa shape index (κ1) is 17.4. The minimum absolute atomic E-state index is 0.155. The zero-order valence-corrected chi connectivity index (χ0v) is 15.2. The molecule has 0 aromatic carbocycles. The van der Waals surface area contributed by atoms with Crippen LogP contribution in [0.3, 0.4) is 0 Å². The summed E-state index contributed by atoms with van der Waals surface area (Å²) in [6, 6.07) is 7.62. The molecule has 0 fully saturated rings. The number of thiophene rings is 1. The number of carbonyl (C=O) groups is 1. The summed E-state index contributed by atoms with van der Waals surface area (Å²) in [5.74, 6) is 0.595. The monoisotopic (exact) mass is 355 g/mol. The Morgan fingerprint density at radius 1 is 1.28 bits per heavy atom. The molecule has 0 saturated carbocycles. The fraction of sp³-hybridized carbons (Fsp3) is 0.316. The van der Waals surface area contributed by atoms with Crippen molar-refractivity contribution in [2.24, 2.45) is 5.92 Å². The van der Waals surface area contributed by atoms with Gasteiger partial charge in [0.1, 0.15) is 0 Å². The molecule has 3 aromatic rings. The predicted molar refractivity (Wildman–Crippen MR) is 97.2 cm³/mol. The highest BCUT2D eigenvalue weighted by molar-refractivity contribution is 7.07. The van der Waals surface area contributed by atoms with Crippen LogP contribution in [0, 0.1) is 5.92 Å². The molecule has 0 aliphatic rings. The van der Waals surface area contributed by atoms with Crippen LogP contribution >= 0.6 is 11.3 Å². The van der Waals surface area contributed by atoms with Crippen molar-refractivity contribution in [1.29, 1.82) is 0 Å². The first-order chi connectivity index (χ1) is 12.1. The van der Waals surface area contributed by atoms with Crippen molar-refractivity contribution in [3.05, 3.63) is 70.0 Å². The molecule has 130 valence electrons. The van der Waals surface area contributed by atoms with Crippen LogP contribution in [0.5, 0.6) is 0 Å². The molecular weight excluding hydrogens is 334 g/mol. The molecule has 5 nitrogen and oxygen atoms in total. The van der Waals surface area contributed by atoms with Gasteiger partial charge in [0.15, 0.2) is 0 Å². The Bertz CT molecular complexity index is 797. The van der Waals surface area contributed by atoms with Gasteiger partial charge in [-0.3, -0.25) is 9.78 Å². The molecule has 6 heteroatoms. The van der Waals surface area contributed by atoms with Gasteiger partial charge in [-0.2, -0.15) is 11.3 Å². The van der Waals surface area contributed by atoms with E-state index in [2.05, 4.69) is 24.0 Å². The number of amides is 1. The van der Waals surface area contributed by atoms with E-state index in [4.69, 9.17) is 4.52 Å². The fourth-order valence-corrected chi connectivity index (χ4v) is 3.26. The maximum Gasteiger partial charge on any atom is 0.293 e. The normalized spacial score (nSPS) is 11.0. The van der Waals surface area contributed by atoms with Crippen LogP contribution in [0.25, 0.3) is 0 Å². The van der Waals surface area contributed by atoms with E-state index in [0.717, 1.165) is 23.2 Å². The molecule has 0 aliphatic carbocycles. The molecule has 3 heterocycles. The van der Waals surface area contributed by atoms with Gasteiger partial charge in [0, 0.05) is 31.5 Å². The molecular formula is C19H21N3O2S. The van der Waals surface area contributed by atoms with E-state index >= 15 is 0 Å². The van der Waals surface area contributed by atoms with E-state index in [9.17, 15) is 4.79 Å². The van der Waals surface area contributed by atoms with Crippen LogP contribution in [0.1, 0.15) is 41.2 Å². The summed E-state index contributed by atoms with van der Waals surface area (Å²) in [5.41, 5.74) is 2.90. The lowest BCUT2D eigenvalue weighted by atomic mass is 10.1. The molecule has 3 aromatic heterocycles. The first-order valence-corrected chi connectivity index (χ1v) is 9.21. The summed E-state index contributed by atoms with van der Waals surface area (Å²) in [7, 11) is 0. The number of hydrogen-bond donors (Lipinski definition) is 0. The summed E-state index contributed by atoms with van der Waals surface area (Å²) in [6.45, 7) is 5.23. The standard InChI is InChI=1S/C19H21N3O2S/c1-14(2)8-17-9-18(24-21-17)19(23)22(12-16-5-7-25-13-16)11-15-4-3-6-20-10-15/h3-7,9-10,13-14H,8,11-12H2,1-2H3. The Kier molecular flexibility index (Phi) is 5.60. The van der Waals surface area contributed by atoms with Crippen molar-refractivity contribution in [3.63, 3.8) is 0 Å². The lowest BCUT2D eigenvalue weighted by Crippen LogP contribution is -2.29. The van der Waals surface area contributed by atoms with Gasteiger partial charge in [-0.25, -0.2) is 0 Å². The molecule has 1 amide bonds. The SMILES string of the molecule is CC(C)Cc1cc(C(=O)N(Cc2cccnc2)Cc2ccsc2)on1. The third kappa shape index (κ3) is 4.76. The quantitative estimate of drug-likeness (QED) is 0.638. The first-order valence-electron chi connectivity index (χ1n) is 8.26. The van der Waals surface area contributed by atoms with Crippen molar-refractivity contribution >= 4 is 17.2 Å². The zero-order chi connectivity index (χ0) is 17.6. The van der Waals surface area contributed by atoms with E-state index in [1.165, 1.54) is 0 Å². The van der Waals surface area contributed by atoms with Gasteiger partial charge in [-0.05, 0) is 46.4 Å². The highest BCUT2D eigenvalue weighted by Crippen LogP contribution is 2.17. The van der Waals surface area contributed by atoms with Crippen LogP contribution in [0.2, 0.25) is 0 Å². The Hall–Kier alpha value is -2.47. The topological polar surface area (TPSA) is 59.2 Å². The van der Waals surface area contributed by atoms with Crippen molar-refractivity contribution in [2.45, 2.75) is 33.4 Å². The highest BCUT2D eigenvalue weighted by atomic mass is 32.1. The zero-order valence-electron chi connectivity index (χ0n) is 14.4. The second-order valence-electron chi connectivity index (χ2n) is 6.43. The lowest BCUT2D eigenvalue weighted by Gasteiger charge is -2.21. The van der Waals surface area contributed by atoms with Crippen molar-refractivity contribution in [1.82, 2.24) is 15.0 Å². The van der Waals surface area contributed by atoms with Crippen molar-refractivity contribution < 1.29 is 9.32 Å². The van der Waals surface area contributed by atoms with Gasteiger partial charge in [0.25, 0.3) is 5.91 Å². The van der Waals surface area contributed by atoms with E-state index in [1.54, 1.807) is 34.7 Å². The molecule has 0 unspecified atom stereocenters. The van der Waals surface area contributed by atoms with Crippen LogP contribution in [-0.2, 0) is 19.5 Å². The summed E-state index contributed by atoms with van der Waals surface area (Å²) in [4.78, 5) is 18.8. The molecule has 0 atom stereocenters. The molecule has 25 heavy (non-hydrogen) atoms. The van der Waals surface area contributed by atoms with E-state index in [1.807, 2.05) is 29.0 Å². The van der Waals surface area contributed by atoms with E-state index in [0.29, 0.717) is 19.0 Å². The predicted octanol–water partition coefficient (Wildman–Crippen LogP) is 4.17. The molecule has 0 spiro atoms. The minimum atomic E-state index is -0.155. The van der Waals surface area contributed by atoms with Crippen molar-refractivity contribution in [2.75, 3.05) is 0 Å². The van der Waals surface area contributed by atoms with Crippen LogP contribution in [0.4, 0.5) is 0 Å². The van der Waals surface area contributed by atoms with Gasteiger partial charge in [-0.15, -0.1) is 0 Å². The lowest BCUT2D eigenvalue weighted by molar-refractivity contribution is 0.0687. The Labute approximate surface area is 151 Å². The van der Waals surface area contributed by atoms with E-state index in [-0.39, 0.29) is 11.7 Å². The summed E-state index contributed by atoms with van der Waals surface area (Å²) >= 11 is 1.62. The van der Waals surface area contributed by atoms with Gasteiger partial charge in [0.2, 0.25) is 5.76 Å². The second kappa shape index (κ2) is 8.07. The van der Waals surface area contributed by atoms with Gasteiger partial charge < -0.3 is 9.42 Å². The number of nitrogens with zero attached hydrogens (tertiary/aromatic N) is 3. The third-order valence-electron chi connectivity index (χ3n) is 3.72. The Morgan fingerprint density at radius 2 is 2.12 bits per heavy atom. The number of rotatable bonds is 7. The smallest absolute Gasteiger partial charge is 0.293 e. The molecule has 0 aliphatic heterocycles. The largest absolute Gasteiger partial charge is 0.351 e. The Balaban J connectivity index is 1.79. The number of carbonyl (C=O) groups excluding carboxylic acids is 1. The highest BCUT2D eigenvalue weighted by Gasteiger charge is 2.21. The minimum Gasteiger partial charge on any atom is -0.351 e. The second-order valence-corrected chi connectivity index (χ2v) is 7.21. The molecule has 0 bridgehead atoms. The third-order valence-corrected chi connectivity index (χ3v) is 4.46. The van der Waals surface area contributed by atoms with Gasteiger partial charge in [0.05, 0.1) is 5.69 Å². The van der Waals surface area contributed by atoms with Gasteiger partial charge in [-0.1, -0.05) is 25.1 Å². The summed E-state index contributed by atoms with van der Waals surface area (Å²) < 4.78 is 5.31. The number of pyridine rings is 1. The van der Waals surface area contributed by atoms with Crippen LogP contribution in [-0.4, -0.2) is 20.9 Å². The molecule has 0 saturated heterocycles. The Morgan fingerprint density at radius 3 is 2.80 bits per heavy atom. The van der Waals surface area contributed by atoms with Crippen LogP contribution < -0.4 is 0 Å². The number of hydrogen-bond acceptors (Lipinski definition) is 5.